The predicted molar refractivity (Wildman–Crippen MR) is 66.6 cm³/mol. The lowest BCUT2D eigenvalue weighted by atomic mass is 10.1. The van der Waals surface area contributed by atoms with Gasteiger partial charge in [-0.15, -0.1) is 0 Å². The maximum atomic E-state index is 11.7. The molecular formula is C11H12BrClO3. The number of hydrogen-bond acceptors (Lipinski definition) is 3. The van der Waals surface area contributed by atoms with Crippen LogP contribution in [0.25, 0.3) is 0 Å². The summed E-state index contributed by atoms with van der Waals surface area (Å²) in [6, 6.07) is 3.29. The van der Waals surface area contributed by atoms with Gasteiger partial charge in [-0.2, -0.15) is 0 Å². The second-order valence-electron chi connectivity index (χ2n) is 3.00. The molecule has 0 amide bonds. The van der Waals surface area contributed by atoms with Crippen molar-refractivity contribution in [1.82, 2.24) is 0 Å². The van der Waals surface area contributed by atoms with Gasteiger partial charge in [0, 0.05) is 5.33 Å². The number of ether oxygens (including phenoxy) is 2. The first-order valence-electron chi connectivity index (χ1n) is 4.73. The predicted octanol–water partition coefficient (Wildman–Crippen LogP) is 3.42. The van der Waals surface area contributed by atoms with Crippen LogP contribution in [-0.4, -0.2) is 19.7 Å². The van der Waals surface area contributed by atoms with Crippen LogP contribution in [-0.2, 0) is 10.1 Å². The molecule has 0 heterocycles. The summed E-state index contributed by atoms with van der Waals surface area (Å²) in [6.07, 6.45) is 0. The van der Waals surface area contributed by atoms with Crippen molar-refractivity contribution in [2.75, 3.05) is 13.7 Å². The summed E-state index contributed by atoms with van der Waals surface area (Å²) in [6.45, 7) is 2.10. The smallest absolute Gasteiger partial charge is 0.338 e. The first-order chi connectivity index (χ1) is 7.63. The fraction of sp³-hybridized carbons (Fsp3) is 0.364. The highest BCUT2D eigenvalue weighted by Crippen LogP contribution is 2.29. The zero-order valence-electron chi connectivity index (χ0n) is 9.05. The Bertz CT molecular complexity index is 393. The Labute approximate surface area is 108 Å². The minimum absolute atomic E-state index is 0.339. The fourth-order valence-electron chi connectivity index (χ4n) is 1.26. The van der Waals surface area contributed by atoms with Gasteiger partial charge in [0.1, 0.15) is 5.75 Å². The Kier molecular flexibility index (Phi) is 5.09. The first kappa shape index (κ1) is 13.3. The van der Waals surface area contributed by atoms with Crippen LogP contribution in [0.3, 0.4) is 0 Å². The molecule has 0 aliphatic heterocycles. The molecule has 0 saturated heterocycles. The maximum Gasteiger partial charge on any atom is 0.338 e. The van der Waals surface area contributed by atoms with Gasteiger partial charge >= 0.3 is 5.97 Å². The largest absolute Gasteiger partial charge is 0.495 e. The van der Waals surface area contributed by atoms with Crippen LogP contribution in [0.2, 0.25) is 5.02 Å². The van der Waals surface area contributed by atoms with E-state index in [0.717, 1.165) is 5.56 Å². The minimum atomic E-state index is -0.369. The van der Waals surface area contributed by atoms with E-state index in [1.54, 1.807) is 19.1 Å². The molecule has 5 heteroatoms. The van der Waals surface area contributed by atoms with E-state index in [1.165, 1.54) is 7.11 Å². The molecule has 1 aromatic carbocycles. The number of methoxy groups -OCH3 is 1. The van der Waals surface area contributed by atoms with E-state index in [9.17, 15) is 4.79 Å². The molecule has 0 radical (unpaired) electrons. The molecule has 0 unspecified atom stereocenters. The standard InChI is InChI=1S/C11H12BrClO3/c1-3-16-11(14)8-5-10(15-2)9(13)4-7(8)6-12/h4-5H,3,6H2,1-2H3. The third kappa shape index (κ3) is 2.89. The third-order valence-corrected chi connectivity index (χ3v) is 2.92. The van der Waals surface area contributed by atoms with Crippen LogP contribution in [0.1, 0.15) is 22.8 Å². The summed E-state index contributed by atoms with van der Waals surface area (Å²) in [5.41, 5.74) is 1.25. The van der Waals surface area contributed by atoms with Crippen molar-refractivity contribution in [3.05, 3.63) is 28.3 Å². The average Bonchev–Trinajstić information content (AvgIpc) is 2.28. The molecule has 3 nitrogen and oxygen atoms in total. The van der Waals surface area contributed by atoms with Crippen molar-refractivity contribution < 1.29 is 14.3 Å². The number of halogens is 2. The van der Waals surface area contributed by atoms with E-state index >= 15 is 0 Å². The molecule has 0 bridgehead atoms. The number of benzene rings is 1. The van der Waals surface area contributed by atoms with Crippen LogP contribution in [0.5, 0.6) is 5.75 Å². The lowest BCUT2D eigenvalue weighted by Crippen LogP contribution is -2.08. The van der Waals surface area contributed by atoms with Crippen molar-refractivity contribution in [1.29, 1.82) is 0 Å². The Morgan fingerprint density at radius 1 is 1.50 bits per heavy atom. The molecule has 0 fully saturated rings. The van der Waals surface area contributed by atoms with Gasteiger partial charge in [-0.25, -0.2) is 4.79 Å². The highest BCUT2D eigenvalue weighted by Gasteiger charge is 2.15. The zero-order valence-corrected chi connectivity index (χ0v) is 11.4. The van der Waals surface area contributed by atoms with Gasteiger partial charge < -0.3 is 9.47 Å². The summed E-state index contributed by atoms with van der Waals surface area (Å²) < 4.78 is 10.0. The van der Waals surface area contributed by atoms with Gasteiger partial charge in [-0.1, -0.05) is 27.5 Å². The lowest BCUT2D eigenvalue weighted by molar-refractivity contribution is 0.0525. The van der Waals surface area contributed by atoms with Crippen molar-refractivity contribution >= 4 is 33.5 Å². The van der Waals surface area contributed by atoms with E-state index in [2.05, 4.69) is 15.9 Å². The van der Waals surface area contributed by atoms with E-state index in [-0.39, 0.29) is 5.97 Å². The van der Waals surface area contributed by atoms with Gasteiger partial charge in [0.15, 0.2) is 0 Å². The molecule has 0 aliphatic carbocycles. The van der Waals surface area contributed by atoms with Gasteiger partial charge in [-0.3, -0.25) is 0 Å². The summed E-state index contributed by atoms with van der Waals surface area (Å²) in [5.74, 6) is 0.0985. The van der Waals surface area contributed by atoms with Gasteiger partial charge in [0.05, 0.1) is 24.3 Å². The average molecular weight is 308 g/mol. The maximum absolute atomic E-state index is 11.7. The molecule has 0 saturated carbocycles. The summed E-state index contributed by atoms with van der Waals surface area (Å²) in [7, 11) is 1.50. The molecule has 0 N–H and O–H groups in total. The highest BCUT2D eigenvalue weighted by molar-refractivity contribution is 9.08. The Morgan fingerprint density at radius 3 is 2.69 bits per heavy atom. The van der Waals surface area contributed by atoms with Gasteiger partial charge in [0.25, 0.3) is 0 Å². The molecule has 0 atom stereocenters. The normalized spacial score (nSPS) is 10.0. The quantitative estimate of drug-likeness (QED) is 0.631. The van der Waals surface area contributed by atoms with Crippen molar-refractivity contribution in [3.63, 3.8) is 0 Å². The second kappa shape index (κ2) is 6.11. The molecule has 1 aromatic rings. The minimum Gasteiger partial charge on any atom is -0.495 e. The van der Waals surface area contributed by atoms with E-state index in [1.807, 2.05) is 0 Å². The first-order valence-corrected chi connectivity index (χ1v) is 6.23. The molecule has 1 rings (SSSR count). The number of esters is 1. The zero-order chi connectivity index (χ0) is 12.1. The van der Waals surface area contributed by atoms with Crippen LogP contribution < -0.4 is 4.74 Å². The molecule has 0 aliphatic rings. The molecule has 16 heavy (non-hydrogen) atoms. The Hall–Kier alpha value is -0.740. The molecule has 88 valence electrons. The van der Waals surface area contributed by atoms with E-state index < -0.39 is 0 Å². The van der Waals surface area contributed by atoms with Crippen molar-refractivity contribution in [3.8, 4) is 5.75 Å². The highest BCUT2D eigenvalue weighted by atomic mass is 79.9. The van der Waals surface area contributed by atoms with E-state index in [0.29, 0.717) is 28.3 Å². The molecule has 0 spiro atoms. The fourth-order valence-corrected chi connectivity index (χ4v) is 1.99. The molecule has 0 aromatic heterocycles. The number of carbonyl (C=O) groups is 1. The number of rotatable bonds is 4. The van der Waals surface area contributed by atoms with E-state index in [4.69, 9.17) is 21.1 Å². The van der Waals surface area contributed by atoms with Crippen LogP contribution >= 0.6 is 27.5 Å². The monoisotopic (exact) mass is 306 g/mol. The van der Waals surface area contributed by atoms with Crippen LogP contribution in [0.4, 0.5) is 0 Å². The summed E-state index contributed by atoms with van der Waals surface area (Å²) in [5, 5.41) is 1.01. The number of hydrogen-bond donors (Lipinski definition) is 0. The topological polar surface area (TPSA) is 35.5 Å². The Balaban J connectivity index is 3.19. The van der Waals surface area contributed by atoms with Gasteiger partial charge in [-0.05, 0) is 24.6 Å². The number of carbonyl (C=O) groups excluding carboxylic acids is 1. The summed E-state index contributed by atoms with van der Waals surface area (Å²) in [4.78, 5) is 11.7. The second-order valence-corrected chi connectivity index (χ2v) is 3.97. The third-order valence-electron chi connectivity index (χ3n) is 2.02. The molecular weight excluding hydrogens is 295 g/mol. The SMILES string of the molecule is CCOC(=O)c1cc(OC)c(Cl)cc1CBr. The Morgan fingerprint density at radius 2 is 2.19 bits per heavy atom. The van der Waals surface area contributed by atoms with Gasteiger partial charge in [0.2, 0.25) is 0 Å². The van der Waals surface area contributed by atoms with Crippen molar-refractivity contribution in [2.24, 2.45) is 0 Å². The number of alkyl halides is 1. The lowest BCUT2D eigenvalue weighted by Gasteiger charge is -2.10. The summed E-state index contributed by atoms with van der Waals surface area (Å²) >= 11 is 9.27. The van der Waals surface area contributed by atoms with Crippen LogP contribution in [0, 0.1) is 0 Å². The van der Waals surface area contributed by atoms with Crippen molar-refractivity contribution in [2.45, 2.75) is 12.3 Å². The van der Waals surface area contributed by atoms with Crippen LogP contribution in [0.15, 0.2) is 12.1 Å².